The van der Waals surface area contributed by atoms with Gasteiger partial charge in [0, 0.05) is 25.5 Å². The van der Waals surface area contributed by atoms with Crippen molar-refractivity contribution in [3.63, 3.8) is 0 Å². The fourth-order valence-electron chi connectivity index (χ4n) is 5.66. The number of hydrogen-bond donors (Lipinski definition) is 0. The van der Waals surface area contributed by atoms with Gasteiger partial charge in [-0.15, -0.1) is 0 Å². The number of unbranched alkanes of at least 4 members (excludes halogenated alkanes) is 21. The predicted molar refractivity (Wildman–Crippen MR) is 159 cm³/mol. The van der Waals surface area contributed by atoms with E-state index < -0.39 is 0 Å². The van der Waals surface area contributed by atoms with E-state index in [0.29, 0.717) is 6.17 Å². The van der Waals surface area contributed by atoms with Gasteiger partial charge >= 0.3 is 0 Å². The molecule has 0 aromatic rings. The highest BCUT2D eigenvalue weighted by Crippen LogP contribution is 2.23. The van der Waals surface area contributed by atoms with Crippen LogP contribution in [0.4, 0.5) is 0 Å². The largest absolute Gasteiger partial charge is 0.356 e. The first kappa shape index (κ1) is 32.4. The van der Waals surface area contributed by atoms with E-state index in [2.05, 4.69) is 43.0 Å². The Morgan fingerprint density at radius 3 is 1.00 bits per heavy atom. The summed E-state index contributed by atoms with van der Waals surface area (Å²) in [5.74, 6) is 0. The van der Waals surface area contributed by atoms with Crippen LogP contribution in [-0.2, 0) is 0 Å². The molecular formula is C33H66N2. The van der Waals surface area contributed by atoms with Gasteiger partial charge in [0.25, 0.3) is 0 Å². The monoisotopic (exact) mass is 491 g/mol. The fraction of sp³-hybridized carbons (Fsp3) is 0.939. The predicted octanol–water partition coefficient (Wildman–Crippen LogP) is 11.2. The van der Waals surface area contributed by atoms with Crippen molar-refractivity contribution in [2.24, 2.45) is 0 Å². The van der Waals surface area contributed by atoms with E-state index in [1.165, 1.54) is 174 Å². The Hall–Kier alpha value is -0.660. The maximum atomic E-state index is 2.68. The van der Waals surface area contributed by atoms with Crippen molar-refractivity contribution in [1.82, 2.24) is 9.80 Å². The maximum absolute atomic E-state index is 2.68. The van der Waals surface area contributed by atoms with Gasteiger partial charge in [0.15, 0.2) is 0 Å². The number of nitrogens with zero attached hydrogens (tertiary/aromatic N) is 2. The smallest absolute Gasteiger partial charge is 0.101 e. The average Bonchev–Trinajstić information content (AvgIpc) is 3.25. The van der Waals surface area contributed by atoms with E-state index in [4.69, 9.17) is 0 Å². The van der Waals surface area contributed by atoms with Crippen molar-refractivity contribution in [3.8, 4) is 0 Å². The quantitative estimate of drug-likeness (QED) is 0.106. The molecule has 1 unspecified atom stereocenters. The summed E-state index contributed by atoms with van der Waals surface area (Å²) < 4.78 is 0. The zero-order valence-corrected chi connectivity index (χ0v) is 24.7. The summed E-state index contributed by atoms with van der Waals surface area (Å²) in [6.07, 6.45) is 41.0. The first-order valence-corrected chi connectivity index (χ1v) is 16.5. The summed E-state index contributed by atoms with van der Waals surface area (Å²) in [7, 11) is 0. The summed E-state index contributed by atoms with van der Waals surface area (Å²) in [6.45, 7) is 9.47. The minimum absolute atomic E-state index is 0.642. The highest BCUT2D eigenvalue weighted by Gasteiger charge is 2.24. The lowest BCUT2D eigenvalue weighted by molar-refractivity contribution is 0.135. The van der Waals surface area contributed by atoms with Crippen molar-refractivity contribution < 1.29 is 0 Å². The van der Waals surface area contributed by atoms with Gasteiger partial charge in [-0.2, -0.15) is 0 Å². The fourth-order valence-corrected chi connectivity index (χ4v) is 5.66. The molecule has 1 atom stereocenters. The molecule has 1 aliphatic heterocycles. The third kappa shape index (κ3) is 18.3. The first-order chi connectivity index (χ1) is 17.3. The highest BCUT2D eigenvalue weighted by atomic mass is 15.4. The van der Waals surface area contributed by atoms with Crippen molar-refractivity contribution in [2.45, 2.75) is 187 Å². The Balaban J connectivity index is 2.08. The minimum Gasteiger partial charge on any atom is -0.356 e. The molecule has 0 aromatic heterocycles. The first-order valence-electron chi connectivity index (χ1n) is 16.5. The second kappa shape index (κ2) is 25.0. The highest BCUT2D eigenvalue weighted by molar-refractivity contribution is 4.97. The van der Waals surface area contributed by atoms with Gasteiger partial charge in [-0.1, -0.05) is 156 Å². The Labute approximate surface area is 222 Å². The Morgan fingerprint density at radius 2 is 0.657 bits per heavy atom. The standard InChI is InChI=1S/C33H66N2/c1-4-7-10-12-14-15-16-17-18-19-20-22-24-27-30-35-32-31-34(33(35)28-25-9-6-3)29-26-23-21-13-11-8-5-2/h31-33H,4-30H2,1-3H3. The molecule has 0 bridgehead atoms. The van der Waals surface area contributed by atoms with E-state index in [9.17, 15) is 0 Å². The van der Waals surface area contributed by atoms with Gasteiger partial charge in [-0.3, -0.25) is 0 Å². The second-order valence-corrected chi connectivity index (χ2v) is 11.5. The average molecular weight is 491 g/mol. The van der Waals surface area contributed by atoms with E-state index in [0.717, 1.165) is 0 Å². The second-order valence-electron chi connectivity index (χ2n) is 11.5. The molecule has 2 heteroatoms. The molecule has 0 radical (unpaired) electrons. The van der Waals surface area contributed by atoms with Gasteiger partial charge in [0.1, 0.15) is 6.17 Å². The molecule has 2 nitrogen and oxygen atoms in total. The van der Waals surface area contributed by atoms with Gasteiger partial charge in [-0.25, -0.2) is 0 Å². The van der Waals surface area contributed by atoms with Crippen LogP contribution in [-0.4, -0.2) is 29.1 Å². The Morgan fingerprint density at radius 1 is 0.371 bits per heavy atom. The van der Waals surface area contributed by atoms with Crippen molar-refractivity contribution in [2.75, 3.05) is 13.1 Å². The SMILES string of the molecule is CCCCCCCCCCCCCCCCN1C=CN(CCCCCCCCC)C1CCCCC. The van der Waals surface area contributed by atoms with Crippen LogP contribution >= 0.6 is 0 Å². The van der Waals surface area contributed by atoms with Gasteiger partial charge in [0.2, 0.25) is 0 Å². The molecule has 1 rings (SSSR count). The molecule has 0 saturated heterocycles. The van der Waals surface area contributed by atoms with Crippen molar-refractivity contribution >= 4 is 0 Å². The van der Waals surface area contributed by atoms with E-state index in [1.54, 1.807) is 0 Å². The molecule has 0 spiro atoms. The Bertz CT molecular complexity index is 446. The van der Waals surface area contributed by atoms with E-state index in [1.807, 2.05) is 0 Å². The third-order valence-electron chi connectivity index (χ3n) is 8.07. The normalized spacial score (nSPS) is 15.6. The van der Waals surface area contributed by atoms with Crippen LogP contribution in [0.1, 0.15) is 181 Å². The van der Waals surface area contributed by atoms with Crippen LogP contribution in [0.25, 0.3) is 0 Å². The molecule has 0 fully saturated rings. The summed E-state index contributed by atoms with van der Waals surface area (Å²) in [4.78, 5) is 5.35. The molecule has 0 aliphatic carbocycles. The molecule has 35 heavy (non-hydrogen) atoms. The summed E-state index contributed by atoms with van der Waals surface area (Å²) in [5, 5.41) is 0. The summed E-state index contributed by atoms with van der Waals surface area (Å²) in [6, 6.07) is 0. The van der Waals surface area contributed by atoms with Crippen LogP contribution in [0, 0.1) is 0 Å². The molecule has 0 saturated carbocycles. The van der Waals surface area contributed by atoms with Crippen LogP contribution in [0.5, 0.6) is 0 Å². The lowest BCUT2D eigenvalue weighted by Gasteiger charge is -2.33. The molecule has 0 N–H and O–H groups in total. The van der Waals surface area contributed by atoms with Gasteiger partial charge < -0.3 is 9.80 Å². The van der Waals surface area contributed by atoms with Crippen LogP contribution in [0.2, 0.25) is 0 Å². The van der Waals surface area contributed by atoms with Gasteiger partial charge in [0.05, 0.1) is 0 Å². The minimum atomic E-state index is 0.642. The lowest BCUT2D eigenvalue weighted by Crippen LogP contribution is -2.39. The van der Waals surface area contributed by atoms with Crippen LogP contribution < -0.4 is 0 Å². The van der Waals surface area contributed by atoms with E-state index >= 15 is 0 Å². The van der Waals surface area contributed by atoms with Crippen LogP contribution in [0.3, 0.4) is 0 Å². The topological polar surface area (TPSA) is 6.48 Å². The molecule has 0 amide bonds. The molecule has 0 aromatic carbocycles. The molecule has 208 valence electrons. The lowest BCUT2D eigenvalue weighted by atomic mass is 10.0. The number of rotatable bonds is 27. The zero-order valence-electron chi connectivity index (χ0n) is 24.7. The molecular weight excluding hydrogens is 424 g/mol. The number of hydrogen-bond acceptors (Lipinski definition) is 2. The van der Waals surface area contributed by atoms with E-state index in [-0.39, 0.29) is 0 Å². The molecule has 1 heterocycles. The van der Waals surface area contributed by atoms with Gasteiger partial charge in [-0.05, 0) is 25.7 Å². The third-order valence-corrected chi connectivity index (χ3v) is 8.07. The van der Waals surface area contributed by atoms with Crippen LogP contribution in [0.15, 0.2) is 12.4 Å². The zero-order chi connectivity index (χ0) is 25.2. The van der Waals surface area contributed by atoms with Crippen molar-refractivity contribution in [1.29, 1.82) is 0 Å². The summed E-state index contributed by atoms with van der Waals surface area (Å²) >= 11 is 0. The summed E-state index contributed by atoms with van der Waals surface area (Å²) in [5.41, 5.74) is 0. The van der Waals surface area contributed by atoms with Crippen molar-refractivity contribution in [3.05, 3.63) is 12.4 Å². The maximum Gasteiger partial charge on any atom is 0.101 e. The molecule has 1 aliphatic rings. The Kier molecular flexibility index (Phi) is 23.1.